The number of hydrogen-bond donors (Lipinski definition) is 1. The van der Waals surface area contributed by atoms with Crippen molar-refractivity contribution >= 4 is 10.1 Å². The summed E-state index contributed by atoms with van der Waals surface area (Å²) >= 11 is 0. The summed E-state index contributed by atoms with van der Waals surface area (Å²) in [5.41, 5.74) is -5.53. The molecule has 0 aromatic heterocycles. The van der Waals surface area contributed by atoms with Gasteiger partial charge in [0.2, 0.25) is 0 Å². The minimum absolute atomic E-state index is 0.556. The second-order valence-corrected chi connectivity index (χ2v) is 6.93. The highest BCUT2D eigenvalue weighted by Gasteiger charge is 2.44. The topological polar surface area (TPSA) is 60.9 Å². The van der Waals surface area contributed by atoms with Crippen molar-refractivity contribution in [2.75, 3.05) is 13.6 Å². The molecule has 5 nitrogen and oxygen atoms in total. The molecule has 23 heavy (non-hydrogen) atoms. The predicted octanol–water partition coefficient (Wildman–Crippen LogP) is 3.81. The summed E-state index contributed by atoms with van der Waals surface area (Å²) < 4.78 is 57.5. The van der Waals surface area contributed by atoms with Crippen molar-refractivity contribution in [3.05, 3.63) is 12.4 Å². The SMILES string of the molecule is CCCCCCCCN1C=CN(C)C1C.O=S(=O)(O)C(F)(F)F. The van der Waals surface area contributed by atoms with Crippen molar-refractivity contribution in [3.8, 4) is 0 Å². The Morgan fingerprint density at radius 1 is 1.09 bits per heavy atom. The van der Waals surface area contributed by atoms with Gasteiger partial charge in [0.05, 0.1) is 6.17 Å². The van der Waals surface area contributed by atoms with E-state index < -0.39 is 15.6 Å². The monoisotopic (exact) mass is 360 g/mol. The summed E-state index contributed by atoms with van der Waals surface area (Å²) in [5.74, 6) is 0. The third-order valence-electron chi connectivity index (χ3n) is 3.63. The maximum atomic E-state index is 10.7. The molecule has 1 aliphatic heterocycles. The van der Waals surface area contributed by atoms with E-state index >= 15 is 0 Å². The predicted molar refractivity (Wildman–Crippen MR) is 84.1 cm³/mol. The highest BCUT2D eigenvalue weighted by atomic mass is 32.2. The molecule has 0 spiro atoms. The summed E-state index contributed by atoms with van der Waals surface area (Å²) in [4.78, 5) is 4.69. The van der Waals surface area contributed by atoms with Gasteiger partial charge in [-0.3, -0.25) is 4.55 Å². The summed E-state index contributed by atoms with van der Waals surface area (Å²) in [5, 5.41) is 0. The van der Waals surface area contributed by atoms with Crippen LogP contribution in [0.25, 0.3) is 0 Å². The van der Waals surface area contributed by atoms with Crippen LogP contribution in [0.3, 0.4) is 0 Å². The lowest BCUT2D eigenvalue weighted by Gasteiger charge is -2.26. The number of unbranched alkanes of at least 4 members (excludes halogenated alkanes) is 5. The van der Waals surface area contributed by atoms with E-state index in [0.717, 1.165) is 0 Å². The van der Waals surface area contributed by atoms with Crippen molar-refractivity contribution in [2.24, 2.45) is 0 Å². The zero-order chi connectivity index (χ0) is 18.1. The number of rotatable bonds is 7. The standard InChI is InChI=1S/C13H26N2.CHF3O3S/c1-4-5-6-7-8-9-10-15-12-11-14(3)13(15)2;2-1(3,4)8(5,6)7/h11-13H,4-10H2,1-3H3;(H,5,6,7). The molecule has 0 radical (unpaired) electrons. The van der Waals surface area contributed by atoms with E-state index in [9.17, 15) is 13.2 Å². The molecule has 0 saturated heterocycles. The van der Waals surface area contributed by atoms with Gasteiger partial charge >= 0.3 is 15.6 Å². The Morgan fingerprint density at radius 3 is 1.96 bits per heavy atom. The Balaban J connectivity index is 0.000000515. The fourth-order valence-corrected chi connectivity index (χ4v) is 2.01. The van der Waals surface area contributed by atoms with Crippen molar-refractivity contribution in [3.63, 3.8) is 0 Å². The lowest BCUT2D eigenvalue weighted by molar-refractivity contribution is -0.0510. The van der Waals surface area contributed by atoms with E-state index in [1.807, 2.05) is 0 Å². The third-order valence-corrected chi connectivity index (χ3v) is 4.21. The molecule has 0 saturated carbocycles. The molecular formula is C14H27F3N2O3S. The average Bonchev–Trinajstić information content (AvgIpc) is 2.73. The summed E-state index contributed by atoms with van der Waals surface area (Å²) in [7, 11) is -3.70. The molecular weight excluding hydrogens is 333 g/mol. The minimum Gasteiger partial charge on any atom is -0.359 e. The quantitative estimate of drug-likeness (QED) is 0.425. The molecule has 1 N–H and O–H groups in total. The normalized spacial score (nSPS) is 18.1. The molecule has 0 aliphatic carbocycles. The molecule has 0 amide bonds. The first kappa shape index (κ1) is 22.0. The van der Waals surface area contributed by atoms with Gasteiger partial charge in [-0.15, -0.1) is 0 Å². The zero-order valence-corrected chi connectivity index (χ0v) is 14.7. The fourth-order valence-electron chi connectivity index (χ4n) is 2.01. The Morgan fingerprint density at radius 2 is 1.57 bits per heavy atom. The van der Waals surface area contributed by atoms with Gasteiger partial charge in [-0.1, -0.05) is 39.0 Å². The van der Waals surface area contributed by atoms with Crippen molar-refractivity contribution in [1.29, 1.82) is 0 Å². The summed E-state index contributed by atoms with van der Waals surface area (Å²) in [6.07, 6.45) is 13.3. The van der Waals surface area contributed by atoms with Crippen LogP contribution in [0.2, 0.25) is 0 Å². The molecule has 0 aromatic carbocycles. The van der Waals surface area contributed by atoms with E-state index in [1.165, 1.54) is 45.1 Å². The number of hydrogen-bond acceptors (Lipinski definition) is 4. The highest BCUT2D eigenvalue weighted by Crippen LogP contribution is 2.20. The smallest absolute Gasteiger partial charge is 0.359 e. The van der Waals surface area contributed by atoms with Crippen LogP contribution in [0.4, 0.5) is 13.2 Å². The van der Waals surface area contributed by atoms with Crippen molar-refractivity contribution in [1.82, 2.24) is 9.80 Å². The van der Waals surface area contributed by atoms with Gasteiger partial charge < -0.3 is 9.80 Å². The van der Waals surface area contributed by atoms with Crippen LogP contribution in [0.5, 0.6) is 0 Å². The average molecular weight is 360 g/mol. The van der Waals surface area contributed by atoms with Crippen molar-refractivity contribution < 1.29 is 26.1 Å². The van der Waals surface area contributed by atoms with Gasteiger partial charge in [-0.25, -0.2) is 0 Å². The lowest BCUT2D eigenvalue weighted by atomic mass is 10.1. The van der Waals surface area contributed by atoms with Gasteiger partial charge in [-0.2, -0.15) is 21.6 Å². The van der Waals surface area contributed by atoms with Crippen LogP contribution >= 0.6 is 0 Å². The van der Waals surface area contributed by atoms with Gasteiger partial charge in [0, 0.05) is 26.0 Å². The fraction of sp³-hybridized carbons (Fsp3) is 0.857. The Bertz CT molecular complexity index is 453. The molecule has 1 atom stereocenters. The molecule has 0 aromatic rings. The van der Waals surface area contributed by atoms with Crippen LogP contribution in [0.15, 0.2) is 12.4 Å². The lowest BCUT2D eigenvalue weighted by Crippen LogP contribution is -2.34. The number of alkyl halides is 3. The molecule has 0 bridgehead atoms. The Kier molecular flexibility index (Phi) is 9.60. The third kappa shape index (κ3) is 9.04. The first-order chi connectivity index (χ1) is 10.5. The molecule has 1 rings (SSSR count). The zero-order valence-electron chi connectivity index (χ0n) is 13.9. The second kappa shape index (κ2) is 10.0. The molecule has 1 unspecified atom stereocenters. The molecule has 9 heteroatoms. The van der Waals surface area contributed by atoms with Crippen LogP contribution in [-0.4, -0.2) is 48.0 Å². The largest absolute Gasteiger partial charge is 0.522 e. The maximum absolute atomic E-state index is 10.7. The highest BCUT2D eigenvalue weighted by molar-refractivity contribution is 7.86. The number of nitrogens with zero attached hydrogens (tertiary/aromatic N) is 2. The summed E-state index contributed by atoms with van der Waals surface area (Å²) in [6, 6.07) is 0. The minimum atomic E-state index is -5.84. The van der Waals surface area contributed by atoms with Crippen LogP contribution in [0, 0.1) is 0 Å². The van der Waals surface area contributed by atoms with Gasteiger partial charge in [0.25, 0.3) is 0 Å². The second-order valence-electron chi connectivity index (χ2n) is 5.52. The van der Waals surface area contributed by atoms with E-state index in [2.05, 4.69) is 43.1 Å². The molecule has 1 heterocycles. The number of halogens is 3. The van der Waals surface area contributed by atoms with Crippen LogP contribution in [0.1, 0.15) is 52.4 Å². The summed E-state index contributed by atoms with van der Waals surface area (Å²) in [6.45, 7) is 5.75. The molecule has 138 valence electrons. The van der Waals surface area contributed by atoms with Crippen LogP contribution in [-0.2, 0) is 10.1 Å². The van der Waals surface area contributed by atoms with Gasteiger partial charge in [0.1, 0.15) is 0 Å². The molecule has 1 aliphatic rings. The van der Waals surface area contributed by atoms with E-state index in [-0.39, 0.29) is 0 Å². The Labute approximate surface area is 136 Å². The van der Waals surface area contributed by atoms with E-state index in [0.29, 0.717) is 6.17 Å². The maximum Gasteiger partial charge on any atom is 0.522 e. The first-order valence-corrected chi connectivity index (χ1v) is 9.14. The Hall–Kier alpha value is -0.960. The molecule has 0 fully saturated rings. The van der Waals surface area contributed by atoms with E-state index in [4.69, 9.17) is 13.0 Å². The van der Waals surface area contributed by atoms with Gasteiger partial charge in [-0.05, 0) is 13.3 Å². The van der Waals surface area contributed by atoms with Crippen molar-refractivity contribution in [2.45, 2.75) is 64.0 Å². The van der Waals surface area contributed by atoms with E-state index in [1.54, 1.807) is 0 Å². The first-order valence-electron chi connectivity index (χ1n) is 7.70. The van der Waals surface area contributed by atoms with Crippen LogP contribution < -0.4 is 0 Å². The van der Waals surface area contributed by atoms with Gasteiger partial charge in [0.15, 0.2) is 0 Å².